The summed E-state index contributed by atoms with van der Waals surface area (Å²) in [6, 6.07) is 6.03. The van der Waals surface area contributed by atoms with Crippen molar-refractivity contribution in [1.82, 2.24) is 4.31 Å². The second-order valence-corrected chi connectivity index (χ2v) is 6.24. The average molecular weight is 287 g/mol. The molecule has 2 rings (SSSR count). The van der Waals surface area contributed by atoms with Gasteiger partial charge in [-0.2, -0.15) is 9.30 Å². The van der Waals surface area contributed by atoms with Crippen LogP contribution in [0.5, 0.6) is 0 Å². The van der Waals surface area contributed by atoms with Crippen molar-refractivity contribution in [2.24, 2.45) is 4.99 Å². The third-order valence-electron chi connectivity index (χ3n) is 2.78. The Labute approximate surface area is 110 Å². The van der Waals surface area contributed by atoms with Gasteiger partial charge < -0.3 is 0 Å². The molecular weight excluding hydrogens is 276 g/mol. The monoisotopic (exact) mass is 286 g/mol. The first-order chi connectivity index (χ1) is 8.55. The molecule has 1 aliphatic heterocycles. The molecule has 1 atom stereocenters. The van der Waals surface area contributed by atoms with Crippen LogP contribution in [0, 0.1) is 0 Å². The van der Waals surface area contributed by atoms with Gasteiger partial charge in [-0.1, -0.05) is 17.7 Å². The van der Waals surface area contributed by atoms with Crippen molar-refractivity contribution < 1.29 is 13.2 Å². The first kappa shape index (κ1) is 13.2. The molecule has 7 heteroatoms. The van der Waals surface area contributed by atoms with Crippen LogP contribution in [0.3, 0.4) is 0 Å². The van der Waals surface area contributed by atoms with E-state index in [1.54, 1.807) is 12.1 Å². The van der Waals surface area contributed by atoms with E-state index in [0.717, 1.165) is 0 Å². The van der Waals surface area contributed by atoms with Crippen molar-refractivity contribution in [3.8, 4) is 0 Å². The number of nitrogens with zero attached hydrogens (tertiary/aromatic N) is 2. The van der Waals surface area contributed by atoms with Crippen LogP contribution in [0.25, 0.3) is 0 Å². The molecule has 0 amide bonds. The Morgan fingerprint density at radius 3 is 2.89 bits per heavy atom. The molecule has 0 aromatic heterocycles. The average Bonchev–Trinajstić information content (AvgIpc) is 2.78. The second-order valence-electron chi connectivity index (χ2n) is 3.92. The number of rotatable bonds is 3. The molecule has 1 unspecified atom stereocenters. The summed E-state index contributed by atoms with van der Waals surface area (Å²) in [5, 5.41) is 0.353. The zero-order chi connectivity index (χ0) is 13.2. The predicted octanol–water partition coefficient (Wildman–Crippen LogP) is 1.79. The largest absolute Gasteiger partial charge is 0.244 e. The zero-order valence-corrected chi connectivity index (χ0v) is 11.0. The Bertz CT molecular complexity index is 596. The Morgan fingerprint density at radius 1 is 1.44 bits per heavy atom. The van der Waals surface area contributed by atoms with Crippen LogP contribution in [0.15, 0.2) is 34.2 Å². The van der Waals surface area contributed by atoms with Gasteiger partial charge in [0.15, 0.2) is 0 Å². The summed E-state index contributed by atoms with van der Waals surface area (Å²) in [7, 11) is -3.66. The van der Waals surface area contributed by atoms with E-state index >= 15 is 0 Å². The van der Waals surface area contributed by atoms with Gasteiger partial charge in [0, 0.05) is 11.6 Å². The van der Waals surface area contributed by atoms with Crippen molar-refractivity contribution in [2.45, 2.75) is 23.9 Å². The third kappa shape index (κ3) is 2.47. The Hall–Kier alpha value is -1.20. The smallest absolute Gasteiger partial charge is 0.211 e. The summed E-state index contributed by atoms with van der Waals surface area (Å²) in [5.74, 6) is 0. The lowest BCUT2D eigenvalue weighted by Gasteiger charge is -2.19. The molecule has 0 spiro atoms. The van der Waals surface area contributed by atoms with Crippen LogP contribution >= 0.6 is 11.6 Å². The van der Waals surface area contributed by atoms with Gasteiger partial charge in [0.2, 0.25) is 16.1 Å². The zero-order valence-electron chi connectivity index (χ0n) is 9.41. The summed E-state index contributed by atoms with van der Waals surface area (Å²) in [5.41, 5.74) is 0. The molecule has 0 saturated carbocycles. The molecule has 1 heterocycles. The summed E-state index contributed by atoms with van der Waals surface area (Å²) in [4.78, 5) is 13.9. The van der Waals surface area contributed by atoms with Crippen molar-refractivity contribution in [1.29, 1.82) is 0 Å². The van der Waals surface area contributed by atoms with Crippen LogP contribution < -0.4 is 0 Å². The number of benzene rings is 1. The number of sulfonamides is 1. The van der Waals surface area contributed by atoms with E-state index in [1.165, 1.54) is 22.5 Å². The molecule has 0 bridgehead atoms. The first-order valence-corrected chi connectivity index (χ1v) is 7.22. The van der Waals surface area contributed by atoms with E-state index in [2.05, 4.69) is 4.99 Å². The Morgan fingerprint density at radius 2 is 2.22 bits per heavy atom. The highest BCUT2D eigenvalue weighted by molar-refractivity contribution is 7.89. The highest BCUT2D eigenvalue weighted by Crippen LogP contribution is 2.27. The molecule has 18 heavy (non-hydrogen) atoms. The van der Waals surface area contributed by atoms with Gasteiger partial charge in [-0.25, -0.2) is 13.2 Å². The summed E-state index contributed by atoms with van der Waals surface area (Å²) >= 11 is 5.79. The highest BCUT2D eigenvalue weighted by atomic mass is 35.5. The van der Waals surface area contributed by atoms with Gasteiger partial charge in [0.1, 0.15) is 6.17 Å². The molecule has 1 aliphatic rings. The third-order valence-corrected chi connectivity index (χ3v) is 4.91. The van der Waals surface area contributed by atoms with Crippen LogP contribution in [-0.4, -0.2) is 31.5 Å². The SMILES string of the molecule is O=C=NC1CCCN1S(=O)(=O)c1cccc(Cl)c1. The number of hydrogen-bond donors (Lipinski definition) is 0. The predicted molar refractivity (Wildman–Crippen MR) is 66.5 cm³/mol. The molecule has 0 radical (unpaired) electrons. The fraction of sp³-hybridized carbons (Fsp3) is 0.364. The van der Waals surface area contributed by atoms with Gasteiger partial charge in [0.05, 0.1) is 4.90 Å². The van der Waals surface area contributed by atoms with E-state index in [-0.39, 0.29) is 4.90 Å². The Kier molecular flexibility index (Phi) is 3.82. The van der Waals surface area contributed by atoms with Gasteiger partial charge in [-0.05, 0) is 31.0 Å². The minimum atomic E-state index is -3.66. The van der Waals surface area contributed by atoms with E-state index in [4.69, 9.17) is 11.6 Å². The number of isocyanates is 1. The standard InChI is InChI=1S/C11H11ClN2O3S/c12-9-3-1-4-10(7-9)18(16,17)14-6-2-5-11(14)13-8-15/h1,3-4,7,11H,2,5-6H2. The number of aliphatic imine (C=N–C) groups is 1. The molecule has 96 valence electrons. The molecule has 5 nitrogen and oxygen atoms in total. The molecule has 0 aliphatic carbocycles. The molecule has 1 aromatic carbocycles. The maximum absolute atomic E-state index is 12.3. The van der Waals surface area contributed by atoms with Crippen LogP contribution in [0.4, 0.5) is 0 Å². The number of hydrogen-bond acceptors (Lipinski definition) is 4. The molecule has 1 fully saturated rings. The summed E-state index contributed by atoms with van der Waals surface area (Å²) in [6.07, 6.45) is 1.98. The van der Waals surface area contributed by atoms with Crippen LogP contribution in [0.1, 0.15) is 12.8 Å². The Balaban J connectivity index is 2.39. The summed E-state index contributed by atoms with van der Waals surface area (Å²) in [6.45, 7) is 0.352. The first-order valence-electron chi connectivity index (χ1n) is 5.40. The highest BCUT2D eigenvalue weighted by Gasteiger charge is 2.35. The van der Waals surface area contributed by atoms with E-state index in [1.807, 2.05) is 0 Å². The molecule has 1 saturated heterocycles. The quantitative estimate of drug-likeness (QED) is 0.628. The van der Waals surface area contributed by atoms with Gasteiger partial charge in [-0.15, -0.1) is 0 Å². The molecule has 0 N–H and O–H groups in total. The summed E-state index contributed by atoms with van der Waals surface area (Å²) < 4.78 is 25.9. The van der Waals surface area contributed by atoms with Crippen molar-refractivity contribution in [2.75, 3.05) is 6.54 Å². The maximum atomic E-state index is 12.3. The fourth-order valence-electron chi connectivity index (χ4n) is 1.96. The van der Waals surface area contributed by atoms with E-state index < -0.39 is 16.2 Å². The van der Waals surface area contributed by atoms with E-state index in [9.17, 15) is 13.2 Å². The lowest BCUT2D eigenvalue weighted by molar-refractivity contribution is 0.395. The molecule has 1 aromatic rings. The van der Waals surface area contributed by atoms with Crippen LogP contribution in [0.2, 0.25) is 5.02 Å². The topological polar surface area (TPSA) is 66.8 Å². The lowest BCUT2D eigenvalue weighted by atomic mass is 10.3. The van der Waals surface area contributed by atoms with Gasteiger partial charge in [-0.3, -0.25) is 0 Å². The lowest BCUT2D eigenvalue weighted by Crippen LogP contribution is -2.34. The normalized spacial score (nSPS) is 20.6. The second kappa shape index (κ2) is 5.20. The minimum Gasteiger partial charge on any atom is -0.211 e. The van der Waals surface area contributed by atoms with Crippen molar-refractivity contribution in [3.63, 3.8) is 0 Å². The molecular formula is C11H11ClN2O3S. The van der Waals surface area contributed by atoms with Gasteiger partial charge in [0.25, 0.3) is 0 Å². The van der Waals surface area contributed by atoms with Crippen molar-refractivity contribution in [3.05, 3.63) is 29.3 Å². The fourth-order valence-corrected chi connectivity index (χ4v) is 3.85. The maximum Gasteiger partial charge on any atom is 0.244 e. The van der Waals surface area contributed by atoms with Crippen LogP contribution in [-0.2, 0) is 14.8 Å². The van der Waals surface area contributed by atoms with E-state index in [0.29, 0.717) is 24.4 Å². The number of carbonyl (C=O) groups excluding carboxylic acids is 1. The van der Waals surface area contributed by atoms with Gasteiger partial charge >= 0.3 is 0 Å². The number of halogens is 1. The minimum absolute atomic E-state index is 0.114. The van der Waals surface area contributed by atoms with Crippen molar-refractivity contribution >= 4 is 27.7 Å².